The van der Waals surface area contributed by atoms with E-state index in [9.17, 15) is 9.65 Å². The lowest BCUT2D eigenvalue weighted by atomic mass is 9.90. The van der Waals surface area contributed by atoms with Crippen molar-refractivity contribution in [1.29, 1.82) is 5.26 Å². The Morgan fingerprint density at radius 2 is 1.90 bits per heavy atom. The van der Waals surface area contributed by atoms with Gasteiger partial charge in [-0.3, -0.25) is 4.90 Å². The zero-order valence-electron chi connectivity index (χ0n) is 11.8. The fraction of sp³-hybridized carbons (Fsp3) is 0.533. The molecule has 0 N–H and O–H groups in total. The van der Waals surface area contributed by atoms with E-state index in [-0.39, 0.29) is 22.4 Å². The van der Waals surface area contributed by atoms with E-state index in [1.165, 1.54) is 12.1 Å². The van der Waals surface area contributed by atoms with Crippen LogP contribution in [0.4, 0.5) is 4.39 Å². The number of hydrogen-bond donors (Lipinski definition) is 0. The van der Waals surface area contributed by atoms with Crippen molar-refractivity contribution in [3.8, 4) is 6.07 Å². The molecule has 0 bridgehead atoms. The third-order valence-electron chi connectivity index (χ3n) is 3.87. The van der Waals surface area contributed by atoms with Gasteiger partial charge in [0.05, 0.1) is 17.0 Å². The molecule has 108 valence electrons. The van der Waals surface area contributed by atoms with Crippen LogP contribution in [0.25, 0.3) is 0 Å². The van der Waals surface area contributed by atoms with Crippen LogP contribution in [0, 0.1) is 23.1 Å². The standard InChI is InChI=1S/C15H17Cl2FN2/c1-15(2,3)20-7-9(6-19)11(8-20)10-4-14(18)13(17)5-12(10)16/h4-5,9,11H,7-8H2,1-3H3/t9-,11-/m0/s1. The molecule has 1 heterocycles. The molecule has 0 aliphatic carbocycles. The second kappa shape index (κ2) is 5.52. The fourth-order valence-corrected chi connectivity index (χ4v) is 3.14. The Kier molecular flexibility index (Phi) is 4.30. The van der Waals surface area contributed by atoms with Gasteiger partial charge < -0.3 is 0 Å². The summed E-state index contributed by atoms with van der Waals surface area (Å²) in [5.74, 6) is -0.761. The number of nitriles is 1. The molecule has 0 aromatic heterocycles. The van der Waals surface area contributed by atoms with Gasteiger partial charge in [-0.05, 0) is 38.5 Å². The van der Waals surface area contributed by atoms with Crippen molar-refractivity contribution >= 4 is 23.2 Å². The van der Waals surface area contributed by atoms with E-state index in [2.05, 4.69) is 31.7 Å². The molecule has 2 rings (SSSR count). The molecule has 1 fully saturated rings. The van der Waals surface area contributed by atoms with Gasteiger partial charge in [0.25, 0.3) is 0 Å². The van der Waals surface area contributed by atoms with E-state index in [0.717, 1.165) is 0 Å². The average molecular weight is 315 g/mol. The number of benzene rings is 1. The molecule has 1 aliphatic rings. The molecule has 1 aromatic rings. The molecule has 0 spiro atoms. The minimum absolute atomic E-state index is 0.0120. The van der Waals surface area contributed by atoms with Crippen LogP contribution in [-0.2, 0) is 0 Å². The van der Waals surface area contributed by atoms with Crippen molar-refractivity contribution in [2.75, 3.05) is 13.1 Å². The molecule has 2 atom stereocenters. The van der Waals surface area contributed by atoms with Gasteiger partial charge >= 0.3 is 0 Å². The van der Waals surface area contributed by atoms with Gasteiger partial charge in [-0.1, -0.05) is 23.2 Å². The third kappa shape index (κ3) is 2.93. The summed E-state index contributed by atoms with van der Waals surface area (Å²) in [4.78, 5) is 2.23. The van der Waals surface area contributed by atoms with Crippen LogP contribution in [0.15, 0.2) is 12.1 Å². The molecule has 0 radical (unpaired) electrons. The van der Waals surface area contributed by atoms with Gasteiger partial charge in [0.2, 0.25) is 0 Å². The van der Waals surface area contributed by atoms with Crippen LogP contribution in [0.2, 0.25) is 10.0 Å². The molecule has 20 heavy (non-hydrogen) atoms. The van der Waals surface area contributed by atoms with Gasteiger partial charge in [-0.15, -0.1) is 0 Å². The van der Waals surface area contributed by atoms with Crippen molar-refractivity contribution in [2.24, 2.45) is 5.92 Å². The second-order valence-corrected chi connectivity index (χ2v) is 7.02. The lowest BCUT2D eigenvalue weighted by Crippen LogP contribution is -2.39. The lowest BCUT2D eigenvalue weighted by Gasteiger charge is -2.31. The Morgan fingerprint density at radius 1 is 1.25 bits per heavy atom. The predicted octanol–water partition coefficient (Wildman–Crippen LogP) is 4.47. The molecule has 0 saturated carbocycles. The summed E-state index contributed by atoms with van der Waals surface area (Å²) in [5.41, 5.74) is 0.647. The van der Waals surface area contributed by atoms with Crippen molar-refractivity contribution in [2.45, 2.75) is 32.2 Å². The SMILES string of the molecule is CC(C)(C)N1C[C@H](c2cc(F)c(Cl)cc2Cl)[C@@H](C#N)C1. The topological polar surface area (TPSA) is 27.0 Å². The molecular formula is C15H17Cl2FN2. The molecule has 1 aliphatic heterocycles. The highest BCUT2D eigenvalue weighted by Crippen LogP contribution is 2.40. The summed E-state index contributed by atoms with van der Waals surface area (Å²) in [6.07, 6.45) is 0. The molecule has 0 unspecified atom stereocenters. The highest BCUT2D eigenvalue weighted by molar-refractivity contribution is 6.35. The van der Waals surface area contributed by atoms with E-state index in [0.29, 0.717) is 23.7 Å². The minimum Gasteiger partial charge on any atom is -0.297 e. The van der Waals surface area contributed by atoms with Crippen LogP contribution in [0.3, 0.4) is 0 Å². The zero-order valence-corrected chi connectivity index (χ0v) is 13.3. The normalized spacial score (nSPS) is 23.9. The van der Waals surface area contributed by atoms with Gasteiger partial charge in [0, 0.05) is 29.6 Å². The molecule has 0 amide bonds. The molecule has 1 saturated heterocycles. The maximum atomic E-state index is 13.7. The number of hydrogen-bond acceptors (Lipinski definition) is 2. The minimum atomic E-state index is -0.489. The van der Waals surface area contributed by atoms with E-state index in [4.69, 9.17) is 23.2 Å². The first-order valence-corrected chi connectivity index (χ1v) is 7.28. The summed E-state index contributed by atoms with van der Waals surface area (Å²) in [6.45, 7) is 7.68. The Labute approximate surface area is 129 Å². The van der Waals surface area contributed by atoms with E-state index in [1.54, 1.807) is 0 Å². The van der Waals surface area contributed by atoms with Gasteiger partial charge in [-0.25, -0.2) is 4.39 Å². The molecule has 5 heteroatoms. The molecular weight excluding hydrogens is 298 g/mol. The number of halogens is 3. The number of nitrogens with zero attached hydrogens (tertiary/aromatic N) is 2. The highest BCUT2D eigenvalue weighted by Gasteiger charge is 2.39. The van der Waals surface area contributed by atoms with Gasteiger partial charge in [0.15, 0.2) is 0 Å². The molecule has 1 aromatic carbocycles. The summed E-state index contributed by atoms with van der Waals surface area (Å²) in [5, 5.41) is 9.80. The van der Waals surface area contributed by atoms with Crippen molar-refractivity contribution in [1.82, 2.24) is 4.90 Å². The van der Waals surface area contributed by atoms with Crippen LogP contribution in [0.5, 0.6) is 0 Å². The van der Waals surface area contributed by atoms with Crippen molar-refractivity contribution < 1.29 is 4.39 Å². The molecule has 2 nitrogen and oxygen atoms in total. The van der Waals surface area contributed by atoms with Crippen LogP contribution in [0.1, 0.15) is 32.3 Å². The fourth-order valence-electron chi connectivity index (χ4n) is 2.62. The van der Waals surface area contributed by atoms with Crippen molar-refractivity contribution in [3.63, 3.8) is 0 Å². The second-order valence-electron chi connectivity index (χ2n) is 6.21. The Balaban J connectivity index is 2.37. The van der Waals surface area contributed by atoms with E-state index in [1.807, 2.05) is 0 Å². The van der Waals surface area contributed by atoms with Crippen LogP contribution < -0.4 is 0 Å². The zero-order chi connectivity index (χ0) is 15.1. The Bertz CT molecular complexity index is 560. The number of likely N-dealkylation sites (tertiary alicyclic amines) is 1. The maximum absolute atomic E-state index is 13.7. The first-order valence-electron chi connectivity index (χ1n) is 6.53. The summed E-state index contributed by atoms with van der Waals surface area (Å²) < 4.78 is 13.7. The predicted molar refractivity (Wildman–Crippen MR) is 79.6 cm³/mol. The van der Waals surface area contributed by atoms with E-state index >= 15 is 0 Å². The van der Waals surface area contributed by atoms with Gasteiger partial charge in [0.1, 0.15) is 5.82 Å². The van der Waals surface area contributed by atoms with Crippen molar-refractivity contribution in [3.05, 3.63) is 33.6 Å². The quantitative estimate of drug-likeness (QED) is 0.715. The largest absolute Gasteiger partial charge is 0.297 e. The summed E-state index contributed by atoms with van der Waals surface area (Å²) in [6, 6.07) is 5.11. The van der Waals surface area contributed by atoms with E-state index < -0.39 is 5.82 Å². The average Bonchev–Trinajstić information content (AvgIpc) is 2.77. The first kappa shape index (κ1) is 15.6. The first-order chi connectivity index (χ1) is 9.24. The van der Waals surface area contributed by atoms with Crippen LogP contribution >= 0.6 is 23.2 Å². The van der Waals surface area contributed by atoms with Gasteiger partial charge in [-0.2, -0.15) is 5.26 Å². The highest BCUT2D eigenvalue weighted by atomic mass is 35.5. The monoisotopic (exact) mass is 314 g/mol. The smallest absolute Gasteiger partial charge is 0.142 e. The number of rotatable bonds is 1. The summed E-state index contributed by atoms with van der Waals surface area (Å²) in [7, 11) is 0. The third-order valence-corrected chi connectivity index (χ3v) is 4.49. The summed E-state index contributed by atoms with van der Waals surface area (Å²) >= 11 is 11.9. The Hall–Kier alpha value is -0.820. The maximum Gasteiger partial charge on any atom is 0.142 e. The lowest BCUT2D eigenvalue weighted by molar-refractivity contribution is 0.170. The Morgan fingerprint density at radius 3 is 2.45 bits per heavy atom. The van der Waals surface area contributed by atoms with Crippen LogP contribution in [-0.4, -0.2) is 23.5 Å².